The van der Waals surface area contributed by atoms with Gasteiger partial charge in [0.15, 0.2) is 0 Å². The smallest absolute Gasteiger partial charge is 0.240 e. The second-order valence-electron chi connectivity index (χ2n) is 4.85. The summed E-state index contributed by atoms with van der Waals surface area (Å²) in [6, 6.07) is 12.9. The van der Waals surface area contributed by atoms with Crippen molar-refractivity contribution in [3.63, 3.8) is 0 Å². The van der Waals surface area contributed by atoms with E-state index < -0.39 is 10.0 Å². The molecule has 0 radical (unpaired) electrons. The van der Waals surface area contributed by atoms with Crippen LogP contribution in [0.5, 0.6) is 0 Å². The Morgan fingerprint density at radius 1 is 1.10 bits per heavy atom. The Kier molecular flexibility index (Phi) is 4.20. The summed E-state index contributed by atoms with van der Waals surface area (Å²) in [4.78, 5) is 2.00. The third kappa shape index (κ3) is 3.34. The first-order chi connectivity index (χ1) is 9.82. The number of aryl methyl sites for hydroxylation is 1. The first-order valence-electron chi connectivity index (χ1n) is 6.59. The minimum absolute atomic E-state index is 0.0495. The minimum Gasteiger partial charge on any atom is -0.398 e. The fourth-order valence-corrected chi connectivity index (χ4v) is 2.92. The number of anilines is 3. The van der Waals surface area contributed by atoms with Crippen LogP contribution in [0, 0.1) is 6.92 Å². The van der Waals surface area contributed by atoms with E-state index in [0.29, 0.717) is 0 Å². The van der Waals surface area contributed by atoms with Crippen LogP contribution in [-0.4, -0.2) is 15.0 Å². The average Bonchev–Trinajstić information content (AvgIpc) is 2.38. The third-order valence-corrected chi connectivity index (χ3v) is 4.23. The first-order valence-corrected chi connectivity index (χ1v) is 8.14. The fourth-order valence-electron chi connectivity index (χ4n) is 2.27. The number of rotatable bonds is 4. The molecule has 5 nitrogen and oxygen atoms in total. The van der Waals surface area contributed by atoms with E-state index in [1.54, 1.807) is 12.1 Å². The lowest BCUT2D eigenvalue weighted by atomic mass is 10.2. The van der Waals surface area contributed by atoms with Crippen LogP contribution in [0.3, 0.4) is 0 Å². The lowest BCUT2D eigenvalue weighted by Gasteiger charge is -2.24. The van der Waals surface area contributed by atoms with Gasteiger partial charge in [-0.3, -0.25) is 0 Å². The molecule has 0 aliphatic carbocycles. The Morgan fingerprint density at radius 2 is 1.76 bits per heavy atom. The molecule has 4 N–H and O–H groups in total. The quantitative estimate of drug-likeness (QED) is 0.849. The van der Waals surface area contributed by atoms with E-state index in [1.165, 1.54) is 6.07 Å². The highest BCUT2D eigenvalue weighted by molar-refractivity contribution is 7.89. The van der Waals surface area contributed by atoms with Crippen molar-refractivity contribution in [2.45, 2.75) is 18.7 Å². The van der Waals surface area contributed by atoms with Crippen LogP contribution in [-0.2, 0) is 10.0 Å². The molecular weight excluding hydrogens is 286 g/mol. The summed E-state index contributed by atoms with van der Waals surface area (Å²) in [5.74, 6) is 0. The molecule has 0 amide bonds. The van der Waals surface area contributed by atoms with E-state index in [2.05, 4.69) is 11.0 Å². The molecule has 112 valence electrons. The van der Waals surface area contributed by atoms with E-state index in [1.807, 2.05) is 32.0 Å². The van der Waals surface area contributed by atoms with Crippen LogP contribution in [0.15, 0.2) is 47.4 Å². The summed E-state index contributed by atoms with van der Waals surface area (Å²) in [5.41, 5.74) is 8.98. The van der Waals surface area contributed by atoms with Gasteiger partial charge in [0.25, 0.3) is 0 Å². The third-order valence-electron chi connectivity index (χ3n) is 3.24. The topological polar surface area (TPSA) is 89.4 Å². The number of sulfonamides is 1. The monoisotopic (exact) mass is 305 g/mol. The molecule has 2 aromatic rings. The summed E-state index contributed by atoms with van der Waals surface area (Å²) in [5, 5.41) is 5.13. The van der Waals surface area contributed by atoms with Crippen molar-refractivity contribution in [2.24, 2.45) is 5.14 Å². The van der Waals surface area contributed by atoms with Crippen LogP contribution in [0.25, 0.3) is 0 Å². The van der Waals surface area contributed by atoms with Gasteiger partial charge in [-0.1, -0.05) is 12.1 Å². The second kappa shape index (κ2) is 5.75. The number of nitrogens with zero attached hydrogens (tertiary/aromatic N) is 1. The molecule has 0 saturated heterocycles. The first kappa shape index (κ1) is 15.3. The number of nitrogen functional groups attached to an aromatic ring is 1. The number of primary sulfonamides is 1. The standard InChI is InChI=1S/C15H19N3O2S/c1-3-18(12-6-4-5-11(2)9-12)13-7-8-15(14(16)10-13)21(17,19)20/h4-10H,3,16H2,1-2H3,(H2,17,19,20). The molecular formula is C15H19N3O2S. The van der Waals surface area contributed by atoms with Crippen molar-refractivity contribution < 1.29 is 8.42 Å². The summed E-state index contributed by atoms with van der Waals surface area (Å²) >= 11 is 0. The van der Waals surface area contributed by atoms with Crippen LogP contribution in [0.1, 0.15) is 12.5 Å². The van der Waals surface area contributed by atoms with Gasteiger partial charge in [-0.25, -0.2) is 13.6 Å². The zero-order valence-electron chi connectivity index (χ0n) is 12.1. The molecule has 0 heterocycles. The van der Waals surface area contributed by atoms with E-state index in [0.717, 1.165) is 23.5 Å². The van der Waals surface area contributed by atoms with Crippen molar-refractivity contribution in [1.82, 2.24) is 0 Å². The highest BCUT2D eigenvalue weighted by Gasteiger charge is 2.15. The Labute approximate surface area is 125 Å². The highest BCUT2D eigenvalue weighted by Crippen LogP contribution is 2.29. The lowest BCUT2D eigenvalue weighted by Crippen LogP contribution is -2.18. The molecule has 0 saturated carbocycles. The molecule has 0 atom stereocenters. The molecule has 0 aliphatic rings. The Morgan fingerprint density at radius 3 is 2.29 bits per heavy atom. The number of hydrogen-bond donors (Lipinski definition) is 2. The SMILES string of the molecule is CCN(c1cccc(C)c1)c1ccc(S(N)(=O)=O)c(N)c1. The molecule has 2 rings (SSSR count). The van der Waals surface area contributed by atoms with Crippen molar-refractivity contribution in [3.8, 4) is 0 Å². The average molecular weight is 305 g/mol. The van der Waals surface area contributed by atoms with Crippen molar-refractivity contribution in [3.05, 3.63) is 48.0 Å². The maximum atomic E-state index is 11.4. The summed E-state index contributed by atoms with van der Waals surface area (Å²) in [6.07, 6.45) is 0. The maximum Gasteiger partial charge on any atom is 0.240 e. The normalized spacial score (nSPS) is 11.4. The predicted octanol–water partition coefficient (Wildman–Crippen LogP) is 2.38. The molecule has 0 aliphatic heterocycles. The summed E-state index contributed by atoms with van der Waals surface area (Å²) < 4.78 is 22.8. The van der Waals surface area contributed by atoms with Crippen LogP contribution < -0.4 is 15.8 Å². The fraction of sp³-hybridized carbons (Fsp3) is 0.200. The van der Waals surface area contributed by atoms with E-state index >= 15 is 0 Å². The van der Waals surface area contributed by atoms with Gasteiger partial charge < -0.3 is 10.6 Å². The van der Waals surface area contributed by atoms with Gasteiger partial charge in [0.1, 0.15) is 4.90 Å². The van der Waals surface area contributed by atoms with Gasteiger partial charge in [0.05, 0.1) is 5.69 Å². The second-order valence-corrected chi connectivity index (χ2v) is 6.38. The van der Waals surface area contributed by atoms with Gasteiger partial charge in [-0.15, -0.1) is 0 Å². The Hall–Kier alpha value is -2.05. The number of hydrogen-bond acceptors (Lipinski definition) is 4. The summed E-state index contributed by atoms with van der Waals surface area (Å²) in [6.45, 7) is 4.78. The minimum atomic E-state index is -3.80. The van der Waals surface area contributed by atoms with Crippen molar-refractivity contribution >= 4 is 27.1 Å². The Bertz CT molecular complexity index is 757. The molecule has 0 aromatic heterocycles. The number of nitrogens with two attached hydrogens (primary N) is 2. The zero-order valence-corrected chi connectivity index (χ0v) is 12.9. The molecule has 0 bridgehead atoms. The Balaban J connectivity index is 2.47. The molecule has 0 unspecified atom stereocenters. The van der Waals surface area contributed by atoms with Gasteiger partial charge in [-0.05, 0) is 49.7 Å². The molecule has 2 aromatic carbocycles. The van der Waals surface area contributed by atoms with Crippen LogP contribution in [0.2, 0.25) is 0 Å². The van der Waals surface area contributed by atoms with Gasteiger partial charge in [0, 0.05) is 17.9 Å². The molecule has 21 heavy (non-hydrogen) atoms. The lowest BCUT2D eigenvalue weighted by molar-refractivity contribution is 0.598. The van der Waals surface area contributed by atoms with Crippen molar-refractivity contribution in [1.29, 1.82) is 0 Å². The van der Waals surface area contributed by atoms with Crippen LogP contribution >= 0.6 is 0 Å². The van der Waals surface area contributed by atoms with Gasteiger partial charge in [-0.2, -0.15) is 0 Å². The highest BCUT2D eigenvalue weighted by atomic mass is 32.2. The summed E-state index contributed by atoms with van der Waals surface area (Å²) in [7, 11) is -3.80. The molecule has 0 spiro atoms. The van der Waals surface area contributed by atoms with Crippen molar-refractivity contribution in [2.75, 3.05) is 17.2 Å². The van der Waals surface area contributed by atoms with Gasteiger partial charge in [0.2, 0.25) is 10.0 Å². The van der Waals surface area contributed by atoms with Crippen LogP contribution in [0.4, 0.5) is 17.1 Å². The number of benzene rings is 2. The molecule has 6 heteroatoms. The van der Waals surface area contributed by atoms with E-state index in [-0.39, 0.29) is 10.6 Å². The zero-order chi connectivity index (χ0) is 15.6. The largest absolute Gasteiger partial charge is 0.398 e. The van der Waals surface area contributed by atoms with Gasteiger partial charge >= 0.3 is 0 Å². The van der Waals surface area contributed by atoms with E-state index in [4.69, 9.17) is 10.9 Å². The molecule has 0 fully saturated rings. The predicted molar refractivity (Wildman–Crippen MR) is 86.1 cm³/mol. The maximum absolute atomic E-state index is 11.4. The van der Waals surface area contributed by atoms with E-state index in [9.17, 15) is 8.42 Å².